The van der Waals surface area contributed by atoms with Crippen molar-refractivity contribution >= 4 is 12.1 Å². The summed E-state index contributed by atoms with van der Waals surface area (Å²) >= 11 is 0. The van der Waals surface area contributed by atoms with Crippen LogP contribution in [-0.2, 0) is 14.4 Å². The van der Waals surface area contributed by atoms with Crippen LogP contribution in [0.2, 0.25) is 0 Å². The lowest BCUT2D eigenvalue weighted by atomic mass is 10.5. The summed E-state index contributed by atoms with van der Waals surface area (Å²) in [6.45, 7) is 7.03. The van der Waals surface area contributed by atoms with Crippen LogP contribution in [-0.4, -0.2) is 25.2 Å². The summed E-state index contributed by atoms with van der Waals surface area (Å²) in [5, 5.41) is 2.38. The summed E-state index contributed by atoms with van der Waals surface area (Å²) in [6, 6.07) is 0. The molecule has 1 amide bonds. The fraction of sp³-hybridized carbons (Fsp3) is 0.400. The number of hydrogen-bond donors (Lipinski definition) is 2. The summed E-state index contributed by atoms with van der Waals surface area (Å²) in [4.78, 5) is 26.2. The molecule has 2 N–H and O–H groups in total. The first-order valence-corrected chi connectivity index (χ1v) is 4.73. The molecule has 0 unspecified atom stereocenters. The number of ether oxygens (including phenoxy) is 1. The molecule has 0 aliphatic heterocycles. The van der Waals surface area contributed by atoms with Crippen molar-refractivity contribution in [3.63, 3.8) is 0 Å². The number of carbonyl (C=O) groups is 2. The fourth-order valence-corrected chi connectivity index (χ4v) is 0.585. The van der Waals surface area contributed by atoms with Gasteiger partial charge < -0.3 is 14.9 Å². The van der Waals surface area contributed by atoms with Crippen molar-refractivity contribution in [1.29, 1.82) is 0 Å². The van der Waals surface area contributed by atoms with Gasteiger partial charge in [-0.25, -0.2) is 15.1 Å². The Hall–Kier alpha value is -1.98. The van der Waals surface area contributed by atoms with E-state index in [1.165, 1.54) is 0 Å². The van der Waals surface area contributed by atoms with Crippen LogP contribution in [0.25, 0.3) is 0 Å². The molecule has 16 heavy (non-hydrogen) atoms. The zero-order valence-corrected chi connectivity index (χ0v) is 9.41. The number of esters is 1. The molecule has 0 saturated heterocycles. The average molecular weight is 228 g/mol. The third-order valence-corrected chi connectivity index (χ3v) is 1.52. The Kier molecular flexibility index (Phi) is 7.31. The molecular weight excluding hydrogens is 212 g/mol. The number of hydrogen-bond acceptors (Lipinski definition) is 5. The Labute approximate surface area is 94.2 Å². The molecule has 90 valence electrons. The van der Waals surface area contributed by atoms with Gasteiger partial charge in [0, 0.05) is 11.8 Å². The molecule has 0 aromatic carbocycles. The summed E-state index contributed by atoms with van der Waals surface area (Å²) in [5.74, 6) is -0.530. The zero-order chi connectivity index (χ0) is 12.4. The van der Waals surface area contributed by atoms with Gasteiger partial charge in [-0.3, -0.25) is 0 Å². The van der Waals surface area contributed by atoms with Gasteiger partial charge in [0.15, 0.2) is 0 Å². The van der Waals surface area contributed by atoms with Crippen LogP contribution < -0.4 is 10.8 Å². The normalized spacial score (nSPS) is 10.2. The third kappa shape index (κ3) is 7.43. The van der Waals surface area contributed by atoms with Crippen molar-refractivity contribution in [2.45, 2.75) is 13.8 Å². The number of amides is 1. The molecule has 0 spiro atoms. The Balaban J connectivity index is 3.51. The molecule has 0 fully saturated rings. The van der Waals surface area contributed by atoms with Crippen molar-refractivity contribution < 1.29 is 19.2 Å². The highest BCUT2D eigenvalue weighted by atomic mass is 16.7. The summed E-state index contributed by atoms with van der Waals surface area (Å²) in [5.41, 5.74) is 3.13. The van der Waals surface area contributed by atoms with E-state index in [2.05, 4.69) is 27.0 Å². The smallest absolute Gasteiger partial charge is 0.431 e. The Morgan fingerprint density at radius 3 is 2.69 bits per heavy atom. The van der Waals surface area contributed by atoms with Gasteiger partial charge in [0.1, 0.15) is 6.61 Å². The lowest BCUT2D eigenvalue weighted by molar-refractivity contribution is -0.137. The van der Waals surface area contributed by atoms with E-state index in [0.717, 1.165) is 6.08 Å². The highest BCUT2D eigenvalue weighted by Crippen LogP contribution is 1.85. The number of rotatable bonds is 6. The van der Waals surface area contributed by atoms with Crippen molar-refractivity contribution in [3.05, 3.63) is 24.4 Å². The lowest BCUT2D eigenvalue weighted by Crippen LogP contribution is -2.32. The first-order chi connectivity index (χ1) is 7.60. The second-order valence-electron chi connectivity index (χ2n) is 2.76. The number of carbonyl (C=O) groups excluding carboxylic acids is 2. The predicted octanol–water partition coefficient (Wildman–Crippen LogP) is 0.870. The quantitative estimate of drug-likeness (QED) is 0.305. The van der Waals surface area contributed by atoms with E-state index < -0.39 is 12.1 Å². The number of nitrogens with one attached hydrogen (secondary N) is 2. The molecule has 6 heteroatoms. The zero-order valence-electron chi connectivity index (χ0n) is 9.41. The standard InChI is InChI=1S/C10H16N2O4/c1-4-8(3)12-16-10(14)11-6-7-15-9(13)5-2/h4-5,12H,2,6-7H2,1,3H3,(H,11,14). The van der Waals surface area contributed by atoms with Gasteiger partial charge >= 0.3 is 12.1 Å². The topological polar surface area (TPSA) is 76.7 Å². The van der Waals surface area contributed by atoms with E-state index in [0.29, 0.717) is 5.70 Å². The van der Waals surface area contributed by atoms with Crippen LogP contribution in [0.3, 0.4) is 0 Å². The van der Waals surface area contributed by atoms with E-state index >= 15 is 0 Å². The number of hydroxylamine groups is 1. The molecule has 0 radical (unpaired) electrons. The van der Waals surface area contributed by atoms with Gasteiger partial charge in [-0.1, -0.05) is 12.7 Å². The monoisotopic (exact) mass is 228 g/mol. The highest BCUT2D eigenvalue weighted by Gasteiger charge is 2.01. The lowest BCUT2D eigenvalue weighted by Gasteiger charge is -2.07. The minimum atomic E-state index is -0.643. The molecule has 0 aromatic heterocycles. The van der Waals surface area contributed by atoms with Gasteiger partial charge in [0.05, 0.1) is 6.54 Å². The van der Waals surface area contributed by atoms with Crippen LogP contribution in [0, 0.1) is 0 Å². The molecule has 0 aliphatic carbocycles. The van der Waals surface area contributed by atoms with Crippen molar-refractivity contribution in [3.8, 4) is 0 Å². The molecule has 0 saturated carbocycles. The van der Waals surface area contributed by atoms with Gasteiger partial charge in [0.25, 0.3) is 0 Å². The predicted molar refractivity (Wildman–Crippen MR) is 58.2 cm³/mol. The Morgan fingerprint density at radius 1 is 1.44 bits per heavy atom. The first-order valence-electron chi connectivity index (χ1n) is 4.73. The van der Waals surface area contributed by atoms with Crippen molar-refractivity contribution in [1.82, 2.24) is 10.8 Å². The molecule has 0 heterocycles. The second kappa shape index (κ2) is 8.34. The number of allylic oxidation sites excluding steroid dienone is 2. The first kappa shape index (κ1) is 14.0. The maximum absolute atomic E-state index is 11.0. The molecule has 0 atom stereocenters. The molecular formula is C10H16N2O4. The minimum absolute atomic E-state index is 0.0720. The van der Waals surface area contributed by atoms with Gasteiger partial charge in [0.2, 0.25) is 0 Å². The fourth-order valence-electron chi connectivity index (χ4n) is 0.585. The Bertz CT molecular complexity index is 287. The molecule has 0 aromatic rings. The summed E-state index contributed by atoms with van der Waals surface area (Å²) in [7, 11) is 0. The third-order valence-electron chi connectivity index (χ3n) is 1.52. The van der Waals surface area contributed by atoms with Crippen LogP contribution in [0.15, 0.2) is 24.4 Å². The molecule has 0 rings (SSSR count). The Morgan fingerprint density at radius 2 is 2.12 bits per heavy atom. The minimum Gasteiger partial charge on any atom is -0.461 e. The van der Waals surface area contributed by atoms with Crippen LogP contribution >= 0.6 is 0 Å². The van der Waals surface area contributed by atoms with Crippen LogP contribution in [0.4, 0.5) is 4.79 Å². The molecule has 0 aliphatic rings. The van der Waals surface area contributed by atoms with E-state index in [1.807, 2.05) is 0 Å². The molecule has 0 bridgehead atoms. The van der Waals surface area contributed by atoms with Crippen LogP contribution in [0.1, 0.15) is 13.8 Å². The van der Waals surface area contributed by atoms with E-state index in [-0.39, 0.29) is 13.2 Å². The van der Waals surface area contributed by atoms with E-state index in [4.69, 9.17) is 0 Å². The second-order valence-corrected chi connectivity index (χ2v) is 2.76. The van der Waals surface area contributed by atoms with E-state index in [9.17, 15) is 9.59 Å². The average Bonchev–Trinajstić information content (AvgIpc) is 2.31. The summed E-state index contributed by atoms with van der Waals surface area (Å²) < 4.78 is 4.63. The van der Waals surface area contributed by atoms with Crippen LogP contribution in [0.5, 0.6) is 0 Å². The van der Waals surface area contributed by atoms with Gasteiger partial charge in [-0.05, 0) is 13.8 Å². The van der Waals surface area contributed by atoms with Gasteiger partial charge in [-0.15, -0.1) is 0 Å². The van der Waals surface area contributed by atoms with Crippen molar-refractivity contribution in [2.24, 2.45) is 0 Å². The van der Waals surface area contributed by atoms with Gasteiger partial charge in [-0.2, -0.15) is 0 Å². The maximum Gasteiger partial charge on any atom is 0.431 e. The largest absolute Gasteiger partial charge is 0.461 e. The molecule has 6 nitrogen and oxygen atoms in total. The van der Waals surface area contributed by atoms with Crippen molar-refractivity contribution in [2.75, 3.05) is 13.2 Å². The maximum atomic E-state index is 11.0. The van der Waals surface area contributed by atoms with E-state index in [1.54, 1.807) is 19.9 Å². The highest BCUT2D eigenvalue weighted by molar-refractivity contribution is 5.81. The summed E-state index contributed by atoms with van der Waals surface area (Å²) in [6.07, 6.45) is 2.16. The SMILES string of the molecule is C=CC(=O)OCCNC(=O)ONC(C)=CC.